The number of piperazine rings is 1. The van der Waals surface area contributed by atoms with Gasteiger partial charge in [-0.1, -0.05) is 6.07 Å². The fraction of sp³-hybridized carbons (Fsp3) is 0.269. The number of anilines is 2. The van der Waals surface area contributed by atoms with E-state index in [1.807, 2.05) is 4.90 Å². The van der Waals surface area contributed by atoms with Crippen LogP contribution in [0.1, 0.15) is 5.56 Å². The molecule has 1 heterocycles. The molecule has 0 radical (unpaired) electrons. The quantitative estimate of drug-likeness (QED) is 0.479. The molecule has 1 saturated heterocycles. The summed E-state index contributed by atoms with van der Waals surface area (Å²) in [6, 6.07) is 15.9. The Bertz CT molecular complexity index is 1320. The van der Waals surface area contributed by atoms with Gasteiger partial charge < -0.3 is 14.5 Å². The lowest BCUT2D eigenvalue weighted by molar-refractivity contribution is -0.129. The van der Waals surface area contributed by atoms with Crippen LogP contribution in [0.5, 0.6) is 5.75 Å². The number of methoxy groups -OCH3 is 1. The minimum absolute atomic E-state index is 0.0803. The van der Waals surface area contributed by atoms with E-state index in [9.17, 15) is 22.0 Å². The summed E-state index contributed by atoms with van der Waals surface area (Å²) in [5.41, 5.74) is 1.72. The number of rotatable bonds is 7. The largest absolute Gasteiger partial charge is 0.495 e. The lowest BCUT2D eigenvalue weighted by Gasteiger charge is -2.37. The third kappa shape index (κ3) is 5.43. The standard InChI is InChI=1S/C26H27F2N3O4S/c1-19-3-12-24(35-2)25(17-19)36(33,34)31(23-10-6-21(28)7-11-23)18-26(32)30-15-13-29(14-16-30)22-8-4-20(27)5-9-22/h3-12,17H,13-16,18H2,1-2H3. The predicted octanol–water partition coefficient (Wildman–Crippen LogP) is 3.83. The summed E-state index contributed by atoms with van der Waals surface area (Å²) in [5, 5.41) is 0. The number of ether oxygens (including phenoxy) is 1. The molecular weight excluding hydrogens is 488 g/mol. The van der Waals surface area contributed by atoms with Gasteiger partial charge in [0.1, 0.15) is 28.8 Å². The average Bonchev–Trinajstić information content (AvgIpc) is 2.88. The van der Waals surface area contributed by atoms with Gasteiger partial charge in [0.2, 0.25) is 5.91 Å². The Balaban J connectivity index is 1.58. The molecule has 7 nitrogen and oxygen atoms in total. The van der Waals surface area contributed by atoms with E-state index >= 15 is 0 Å². The number of hydrogen-bond acceptors (Lipinski definition) is 5. The third-order valence-corrected chi connectivity index (χ3v) is 7.90. The molecule has 190 valence electrons. The Morgan fingerprint density at radius 3 is 2.08 bits per heavy atom. The molecule has 0 N–H and O–H groups in total. The molecule has 0 aromatic heterocycles. The van der Waals surface area contributed by atoms with Crippen molar-refractivity contribution in [2.75, 3.05) is 49.0 Å². The zero-order valence-corrected chi connectivity index (χ0v) is 20.8. The monoisotopic (exact) mass is 515 g/mol. The minimum Gasteiger partial charge on any atom is -0.495 e. The van der Waals surface area contributed by atoms with Gasteiger partial charge in [-0.3, -0.25) is 9.10 Å². The lowest BCUT2D eigenvalue weighted by Crippen LogP contribution is -2.52. The van der Waals surface area contributed by atoms with Gasteiger partial charge in [0.15, 0.2) is 0 Å². The fourth-order valence-corrected chi connectivity index (χ4v) is 5.77. The molecular formula is C26H27F2N3O4S. The second-order valence-corrected chi connectivity index (χ2v) is 10.3. The van der Waals surface area contributed by atoms with Crippen LogP contribution in [-0.2, 0) is 14.8 Å². The van der Waals surface area contributed by atoms with Gasteiger partial charge in [0.05, 0.1) is 12.8 Å². The molecule has 36 heavy (non-hydrogen) atoms. The summed E-state index contributed by atoms with van der Waals surface area (Å²) < 4.78 is 60.7. The van der Waals surface area contributed by atoms with Crippen molar-refractivity contribution in [3.05, 3.63) is 83.9 Å². The van der Waals surface area contributed by atoms with Crippen LogP contribution in [0.3, 0.4) is 0 Å². The molecule has 0 spiro atoms. The molecule has 0 bridgehead atoms. The van der Waals surface area contributed by atoms with E-state index in [1.54, 1.807) is 36.1 Å². The number of nitrogens with zero attached hydrogens (tertiary/aromatic N) is 3. The highest BCUT2D eigenvalue weighted by Gasteiger charge is 2.32. The van der Waals surface area contributed by atoms with Crippen LogP contribution in [-0.4, -0.2) is 59.1 Å². The summed E-state index contributed by atoms with van der Waals surface area (Å²) in [6.07, 6.45) is 0. The number of hydrogen-bond donors (Lipinski definition) is 0. The predicted molar refractivity (Wildman–Crippen MR) is 134 cm³/mol. The molecule has 1 aliphatic heterocycles. The van der Waals surface area contributed by atoms with Gasteiger partial charge in [-0.05, 0) is 73.2 Å². The first-order valence-electron chi connectivity index (χ1n) is 11.4. The Morgan fingerprint density at radius 2 is 1.50 bits per heavy atom. The van der Waals surface area contributed by atoms with Crippen molar-refractivity contribution in [1.29, 1.82) is 0 Å². The number of sulfonamides is 1. The Kier molecular flexibility index (Phi) is 7.44. The molecule has 1 fully saturated rings. The van der Waals surface area contributed by atoms with Crippen LogP contribution in [0.2, 0.25) is 0 Å². The van der Waals surface area contributed by atoms with Crippen molar-refractivity contribution >= 4 is 27.3 Å². The van der Waals surface area contributed by atoms with Gasteiger partial charge in [0.25, 0.3) is 10.0 Å². The van der Waals surface area contributed by atoms with Crippen molar-refractivity contribution in [2.24, 2.45) is 0 Å². The van der Waals surface area contributed by atoms with Gasteiger partial charge in [-0.15, -0.1) is 0 Å². The summed E-state index contributed by atoms with van der Waals surface area (Å²) in [6.45, 7) is 3.09. The molecule has 0 saturated carbocycles. The summed E-state index contributed by atoms with van der Waals surface area (Å²) >= 11 is 0. The lowest BCUT2D eigenvalue weighted by atomic mass is 10.2. The summed E-state index contributed by atoms with van der Waals surface area (Å²) in [5.74, 6) is -1.08. The van der Waals surface area contributed by atoms with Crippen LogP contribution in [0.25, 0.3) is 0 Å². The van der Waals surface area contributed by atoms with E-state index in [-0.39, 0.29) is 28.1 Å². The minimum atomic E-state index is -4.23. The van der Waals surface area contributed by atoms with E-state index in [4.69, 9.17) is 4.74 Å². The summed E-state index contributed by atoms with van der Waals surface area (Å²) in [4.78, 5) is 16.8. The SMILES string of the molecule is COc1ccc(C)cc1S(=O)(=O)N(CC(=O)N1CCN(c2ccc(F)cc2)CC1)c1ccc(F)cc1. The first kappa shape index (κ1) is 25.4. The molecule has 0 aliphatic carbocycles. The third-order valence-electron chi connectivity index (χ3n) is 6.10. The first-order valence-corrected chi connectivity index (χ1v) is 12.8. The second kappa shape index (κ2) is 10.5. The number of halogens is 2. The zero-order valence-electron chi connectivity index (χ0n) is 20.0. The van der Waals surface area contributed by atoms with Crippen LogP contribution in [0, 0.1) is 18.6 Å². The summed E-state index contributed by atoms with van der Waals surface area (Å²) in [7, 11) is -2.86. The van der Waals surface area contributed by atoms with Crippen molar-refractivity contribution < 1.29 is 26.7 Å². The maximum atomic E-state index is 13.8. The fourth-order valence-electron chi connectivity index (χ4n) is 4.12. The van der Waals surface area contributed by atoms with Gasteiger partial charge in [-0.2, -0.15) is 0 Å². The van der Waals surface area contributed by atoms with Gasteiger partial charge in [0, 0.05) is 31.9 Å². The van der Waals surface area contributed by atoms with Crippen LogP contribution in [0.4, 0.5) is 20.2 Å². The molecule has 4 rings (SSSR count). The topological polar surface area (TPSA) is 70.2 Å². The molecule has 3 aromatic rings. The van der Waals surface area contributed by atoms with Gasteiger partial charge >= 0.3 is 0 Å². The maximum absolute atomic E-state index is 13.8. The van der Waals surface area contributed by atoms with E-state index < -0.39 is 22.4 Å². The Labute approximate surface area is 209 Å². The highest BCUT2D eigenvalue weighted by molar-refractivity contribution is 7.93. The second-order valence-electron chi connectivity index (χ2n) is 8.49. The first-order chi connectivity index (χ1) is 17.2. The average molecular weight is 516 g/mol. The van der Waals surface area contributed by atoms with Crippen molar-refractivity contribution in [1.82, 2.24) is 4.90 Å². The van der Waals surface area contributed by atoms with Gasteiger partial charge in [-0.25, -0.2) is 17.2 Å². The van der Waals surface area contributed by atoms with Crippen molar-refractivity contribution in [2.45, 2.75) is 11.8 Å². The smallest absolute Gasteiger partial charge is 0.268 e. The van der Waals surface area contributed by atoms with E-state index in [0.29, 0.717) is 31.7 Å². The Hall–Kier alpha value is -3.66. The van der Waals surface area contributed by atoms with E-state index in [2.05, 4.69) is 0 Å². The number of carbonyl (C=O) groups is 1. The molecule has 0 unspecified atom stereocenters. The maximum Gasteiger partial charge on any atom is 0.268 e. The highest BCUT2D eigenvalue weighted by Crippen LogP contribution is 2.31. The Morgan fingerprint density at radius 1 is 0.917 bits per heavy atom. The van der Waals surface area contributed by atoms with E-state index in [0.717, 1.165) is 22.1 Å². The number of amides is 1. The normalized spacial score (nSPS) is 14.0. The highest BCUT2D eigenvalue weighted by atomic mass is 32.2. The molecule has 1 aliphatic rings. The van der Waals surface area contributed by atoms with Crippen molar-refractivity contribution in [3.8, 4) is 5.75 Å². The zero-order chi connectivity index (χ0) is 25.9. The molecule has 1 amide bonds. The van der Waals surface area contributed by atoms with Crippen LogP contribution >= 0.6 is 0 Å². The number of benzene rings is 3. The molecule has 0 atom stereocenters. The van der Waals surface area contributed by atoms with E-state index in [1.165, 1.54) is 37.4 Å². The van der Waals surface area contributed by atoms with Crippen LogP contribution < -0.4 is 13.9 Å². The molecule has 3 aromatic carbocycles. The van der Waals surface area contributed by atoms with Crippen LogP contribution in [0.15, 0.2) is 71.6 Å². The molecule has 10 heteroatoms. The van der Waals surface area contributed by atoms with Crippen molar-refractivity contribution in [3.63, 3.8) is 0 Å². The number of aryl methyl sites for hydroxylation is 1. The number of carbonyl (C=O) groups excluding carboxylic acids is 1.